The van der Waals surface area contributed by atoms with E-state index >= 15 is 0 Å². The molecule has 0 unspecified atom stereocenters. The van der Waals surface area contributed by atoms with Crippen molar-refractivity contribution in [2.45, 2.75) is 0 Å². The van der Waals surface area contributed by atoms with E-state index in [9.17, 15) is 19.8 Å². The molecule has 7 nitrogen and oxygen atoms in total. The predicted molar refractivity (Wildman–Crippen MR) is 68.9 cm³/mol. The van der Waals surface area contributed by atoms with Crippen LogP contribution in [0.2, 0.25) is 0 Å². The smallest absolute Gasteiger partial charge is 0.337 e. The Hall–Kier alpha value is -3.09. The van der Waals surface area contributed by atoms with Crippen molar-refractivity contribution in [3.8, 4) is 11.5 Å². The van der Waals surface area contributed by atoms with Gasteiger partial charge in [0.25, 0.3) is 5.91 Å². The zero-order valence-corrected chi connectivity index (χ0v) is 10.1. The Balaban J connectivity index is 2.33. The summed E-state index contributed by atoms with van der Waals surface area (Å²) >= 11 is 0. The summed E-state index contributed by atoms with van der Waals surface area (Å²) in [5.41, 5.74) is -0.314. The van der Waals surface area contributed by atoms with Crippen LogP contribution in [-0.4, -0.2) is 32.2 Å². The molecular formula is C13H10N2O5. The standard InChI is InChI=1S/C13H10N2O5/c16-7-1-2-11(17)9(5-7)12(18)15-10-6-14-4-3-8(10)13(19)20/h1-6,16-17H,(H,15,18)(H,19,20). The number of anilines is 1. The number of aromatic hydroxyl groups is 2. The summed E-state index contributed by atoms with van der Waals surface area (Å²) in [5.74, 6) is -2.50. The largest absolute Gasteiger partial charge is 0.508 e. The average molecular weight is 274 g/mol. The van der Waals surface area contributed by atoms with Crippen LogP contribution in [0.4, 0.5) is 5.69 Å². The number of benzene rings is 1. The Labute approximate surface area is 113 Å². The number of nitrogens with zero attached hydrogens (tertiary/aromatic N) is 1. The van der Waals surface area contributed by atoms with E-state index in [1.165, 1.54) is 24.5 Å². The highest BCUT2D eigenvalue weighted by atomic mass is 16.4. The third-order valence-electron chi connectivity index (χ3n) is 2.52. The van der Waals surface area contributed by atoms with Crippen LogP contribution in [0.5, 0.6) is 11.5 Å². The van der Waals surface area contributed by atoms with Gasteiger partial charge in [-0.2, -0.15) is 0 Å². The number of phenolic OH excluding ortho intramolecular Hbond substituents is 2. The number of aromatic nitrogens is 1. The Kier molecular flexibility index (Phi) is 3.52. The Morgan fingerprint density at radius 2 is 1.85 bits per heavy atom. The molecule has 0 fully saturated rings. The van der Waals surface area contributed by atoms with Gasteiger partial charge in [0.15, 0.2) is 0 Å². The second-order valence-electron chi connectivity index (χ2n) is 3.88. The van der Waals surface area contributed by atoms with Gasteiger partial charge in [0, 0.05) is 6.20 Å². The van der Waals surface area contributed by atoms with E-state index in [0.717, 1.165) is 12.1 Å². The minimum Gasteiger partial charge on any atom is -0.508 e. The van der Waals surface area contributed by atoms with E-state index in [1.54, 1.807) is 0 Å². The molecule has 0 aliphatic carbocycles. The summed E-state index contributed by atoms with van der Waals surface area (Å²) < 4.78 is 0. The Morgan fingerprint density at radius 1 is 1.10 bits per heavy atom. The van der Waals surface area contributed by atoms with Crippen LogP contribution in [0.3, 0.4) is 0 Å². The zero-order chi connectivity index (χ0) is 14.7. The number of carboxylic acids is 1. The van der Waals surface area contributed by atoms with E-state index in [1.807, 2.05) is 0 Å². The fourth-order valence-electron chi connectivity index (χ4n) is 1.58. The predicted octanol–water partition coefficient (Wildman–Crippen LogP) is 1.44. The molecule has 2 aromatic rings. The van der Waals surface area contributed by atoms with Gasteiger partial charge >= 0.3 is 5.97 Å². The van der Waals surface area contributed by atoms with Crippen molar-refractivity contribution in [1.29, 1.82) is 0 Å². The van der Waals surface area contributed by atoms with Crippen molar-refractivity contribution >= 4 is 17.6 Å². The van der Waals surface area contributed by atoms with Gasteiger partial charge in [-0.15, -0.1) is 0 Å². The van der Waals surface area contributed by atoms with Crippen LogP contribution in [0.15, 0.2) is 36.7 Å². The van der Waals surface area contributed by atoms with Crippen molar-refractivity contribution in [1.82, 2.24) is 4.98 Å². The number of phenols is 2. The number of carbonyl (C=O) groups excluding carboxylic acids is 1. The first-order chi connectivity index (χ1) is 9.49. The van der Waals surface area contributed by atoms with Crippen LogP contribution in [-0.2, 0) is 0 Å². The lowest BCUT2D eigenvalue weighted by Gasteiger charge is -2.09. The molecule has 0 saturated carbocycles. The Bertz CT molecular complexity index is 684. The van der Waals surface area contributed by atoms with E-state index < -0.39 is 11.9 Å². The average Bonchev–Trinajstić information content (AvgIpc) is 2.41. The number of rotatable bonds is 3. The quantitative estimate of drug-likeness (QED) is 0.629. The van der Waals surface area contributed by atoms with Crippen molar-refractivity contribution in [2.24, 2.45) is 0 Å². The van der Waals surface area contributed by atoms with Crippen molar-refractivity contribution in [2.75, 3.05) is 5.32 Å². The summed E-state index contributed by atoms with van der Waals surface area (Å²) in [7, 11) is 0. The molecule has 20 heavy (non-hydrogen) atoms. The van der Waals surface area contributed by atoms with Gasteiger partial charge in [-0.1, -0.05) is 0 Å². The van der Waals surface area contributed by atoms with Crippen molar-refractivity contribution in [3.05, 3.63) is 47.8 Å². The molecule has 0 atom stereocenters. The van der Waals surface area contributed by atoms with Gasteiger partial charge in [0.1, 0.15) is 11.5 Å². The van der Waals surface area contributed by atoms with Gasteiger partial charge in [-0.3, -0.25) is 9.78 Å². The molecule has 7 heteroatoms. The van der Waals surface area contributed by atoms with E-state index in [4.69, 9.17) is 5.11 Å². The van der Waals surface area contributed by atoms with Crippen LogP contribution < -0.4 is 5.32 Å². The van der Waals surface area contributed by atoms with Crippen molar-refractivity contribution < 1.29 is 24.9 Å². The number of nitrogens with one attached hydrogen (secondary N) is 1. The molecule has 2 rings (SSSR count). The summed E-state index contributed by atoms with van der Waals surface area (Å²) in [5, 5.41) is 30.2. The third kappa shape index (κ3) is 2.66. The molecule has 0 bridgehead atoms. The van der Waals surface area contributed by atoms with Gasteiger partial charge in [-0.05, 0) is 24.3 Å². The van der Waals surface area contributed by atoms with Gasteiger partial charge in [0.2, 0.25) is 0 Å². The molecule has 0 aliphatic heterocycles. The third-order valence-corrected chi connectivity index (χ3v) is 2.52. The van der Waals surface area contributed by atoms with Gasteiger partial charge < -0.3 is 20.6 Å². The second kappa shape index (κ2) is 5.27. The Morgan fingerprint density at radius 3 is 2.55 bits per heavy atom. The highest BCUT2D eigenvalue weighted by molar-refractivity contribution is 6.09. The van der Waals surface area contributed by atoms with Crippen LogP contribution >= 0.6 is 0 Å². The van der Waals surface area contributed by atoms with Crippen LogP contribution in [0.25, 0.3) is 0 Å². The molecule has 1 aromatic carbocycles. The molecule has 1 amide bonds. The number of aromatic carboxylic acids is 1. The lowest BCUT2D eigenvalue weighted by molar-refractivity contribution is 0.0698. The summed E-state index contributed by atoms with van der Waals surface area (Å²) in [6.45, 7) is 0. The molecule has 102 valence electrons. The normalized spacial score (nSPS) is 10.0. The minimum atomic E-state index is -1.22. The molecule has 0 saturated heterocycles. The topological polar surface area (TPSA) is 120 Å². The zero-order valence-electron chi connectivity index (χ0n) is 10.1. The van der Waals surface area contributed by atoms with Gasteiger partial charge in [-0.25, -0.2) is 4.79 Å². The molecular weight excluding hydrogens is 264 g/mol. The first-order valence-electron chi connectivity index (χ1n) is 5.49. The monoisotopic (exact) mass is 274 g/mol. The first-order valence-corrected chi connectivity index (χ1v) is 5.49. The number of hydrogen-bond acceptors (Lipinski definition) is 5. The molecule has 0 radical (unpaired) electrons. The SMILES string of the molecule is O=C(Nc1cnccc1C(=O)O)c1cc(O)ccc1O. The number of amides is 1. The first kappa shape index (κ1) is 13.3. The van der Waals surface area contributed by atoms with E-state index in [0.29, 0.717) is 0 Å². The van der Waals surface area contributed by atoms with Gasteiger partial charge in [0.05, 0.1) is 23.0 Å². The number of carboxylic acid groups (broad SMARTS) is 1. The van der Waals surface area contributed by atoms with Crippen LogP contribution in [0, 0.1) is 0 Å². The van der Waals surface area contributed by atoms with Crippen molar-refractivity contribution in [3.63, 3.8) is 0 Å². The molecule has 1 heterocycles. The maximum absolute atomic E-state index is 12.0. The fourth-order valence-corrected chi connectivity index (χ4v) is 1.58. The molecule has 0 aliphatic rings. The highest BCUT2D eigenvalue weighted by Gasteiger charge is 2.16. The number of pyridine rings is 1. The fraction of sp³-hybridized carbons (Fsp3) is 0. The lowest BCUT2D eigenvalue weighted by Crippen LogP contribution is -2.15. The number of hydrogen-bond donors (Lipinski definition) is 4. The molecule has 0 spiro atoms. The van der Waals surface area contributed by atoms with E-state index in [-0.39, 0.29) is 28.3 Å². The highest BCUT2D eigenvalue weighted by Crippen LogP contribution is 2.23. The maximum atomic E-state index is 12.0. The summed E-state index contributed by atoms with van der Waals surface area (Å²) in [4.78, 5) is 26.7. The summed E-state index contributed by atoms with van der Waals surface area (Å²) in [6, 6.07) is 4.69. The summed E-state index contributed by atoms with van der Waals surface area (Å²) in [6.07, 6.45) is 2.46. The lowest BCUT2D eigenvalue weighted by atomic mass is 10.1. The molecule has 1 aromatic heterocycles. The number of carbonyl (C=O) groups is 2. The second-order valence-corrected chi connectivity index (χ2v) is 3.88. The van der Waals surface area contributed by atoms with Crippen LogP contribution in [0.1, 0.15) is 20.7 Å². The minimum absolute atomic E-state index is 0.00672. The molecule has 4 N–H and O–H groups in total. The van der Waals surface area contributed by atoms with E-state index in [2.05, 4.69) is 10.3 Å². The maximum Gasteiger partial charge on any atom is 0.337 e.